The SMILES string of the molecule is COCCC(C)NC(=O)c1ccccc1NC(C)C. The Bertz CT molecular complexity index is 405. The van der Waals surface area contributed by atoms with Crippen LogP contribution in [0, 0.1) is 0 Å². The molecule has 19 heavy (non-hydrogen) atoms. The van der Waals surface area contributed by atoms with Crippen molar-refractivity contribution in [1.29, 1.82) is 0 Å². The van der Waals surface area contributed by atoms with Gasteiger partial charge in [-0.15, -0.1) is 0 Å². The van der Waals surface area contributed by atoms with Crippen molar-refractivity contribution in [1.82, 2.24) is 5.32 Å². The summed E-state index contributed by atoms with van der Waals surface area (Å²) in [6.45, 7) is 6.73. The number of ether oxygens (including phenoxy) is 1. The maximum atomic E-state index is 12.2. The molecular formula is C15H24N2O2. The highest BCUT2D eigenvalue weighted by Crippen LogP contribution is 2.16. The predicted octanol–water partition coefficient (Wildman–Crippen LogP) is 2.66. The summed E-state index contributed by atoms with van der Waals surface area (Å²) < 4.78 is 5.01. The van der Waals surface area contributed by atoms with Crippen LogP contribution in [0.5, 0.6) is 0 Å². The molecule has 0 radical (unpaired) electrons. The molecule has 0 saturated heterocycles. The highest BCUT2D eigenvalue weighted by atomic mass is 16.5. The van der Waals surface area contributed by atoms with Crippen molar-refractivity contribution in [3.05, 3.63) is 29.8 Å². The second kappa shape index (κ2) is 7.79. The molecular weight excluding hydrogens is 240 g/mol. The predicted molar refractivity (Wildman–Crippen MR) is 78.6 cm³/mol. The number of carbonyl (C=O) groups is 1. The first-order chi connectivity index (χ1) is 9.04. The van der Waals surface area contributed by atoms with Crippen molar-refractivity contribution in [2.45, 2.75) is 39.3 Å². The lowest BCUT2D eigenvalue weighted by molar-refractivity contribution is 0.0930. The third kappa shape index (κ3) is 5.30. The second-order valence-electron chi connectivity index (χ2n) is 5.00. The Kier molecular flexibility index (Phi) is 6.36. The number of carbonyl (C=O) groups excluding carboxylic acids is 1. The van der Waals surface area contributed by atoms with Crippen molar-refractivity contribution >= 4 is 11.6 Å². The molecule has 0 spiro atoms. The van der Waals surface area contributed by atoms with Crippen LogP contribution >= 0.6 is 0 Å². The van der Waals surface area contributed by atoms with E-state index in [1.807, 2.05) is 31.2 Å². The van der Waals surface area contributed by atoms with Gasteiger partial charge in [0.05, 0.1) is 5.56 Å². The Balaban J connectivity index is 2.70. The average Bonchev–Trinajstić information content (AvgIpc) is 2.36. The quantitative estimate of drug-likeness (QED) is 0.796. The zero-order valence-corrected chi connectivity index (χ0v) is 12.2. The molecule has 4 nitrogen and oxygen atoms in total. The molecule has 0 heterocycles. The molecule has 0 fully saturated rings. The van der Waals surface area contributed by atoms with E-state index in [0.717, 1.165) is 12.1 Å². The third-order valence-corrected chi connectivity index (χ3v) is 2.75. The molecule has 0 saturated carbocycles. The highest BCUT2D eigenvalue weighted by Gasteiger charge is 2.13. The Morgan fingerprint density at radius 2 is 1.95 bits per heavy atom. The van der Waals surface area contributed by atoms with E-state index in [1.54, 1.807) is 7.11 Å². The van der Waals surface area contributed by atoms with Gasteiger partial charge in [0.15, 0.2) is 0 Å². The topological polar surface area (TPSA) is 50.4 Å². The Morgan fingerprint density at radius 1 is 1.26 bits per heavy atom. The molecule has 1 aromatic carbocycles. The molecule has 1 amide bonds. The number of amides is 1. The lowest BCUT2D eigenvalue weighted by atomic mass is 10.1. The van der Waals surface area contributed by atoms with Crippen molar-refractivity contribution in [2.24, 2.45) is 0 Å². The number of para-hydroxylation sites is 1. The number of methoxy groups -OCH3 is 1. The van der Waals surface area contributed by atoms with Gasteiger partial charge in [-0.25, -0.2) is 0 Å². The monoisotopic (exact) mass is 264 g/mol. The minimum Gasteiger partial charge on any atom is -0.385 e. The fraction of sp³-hybridized carbons (Fsp3) is 0.533. The largest absolute Gasteiger partial charge is 0.385 e. The van der Waals surface area contributed by atoms with Gasteiger partial charge in [0.2, 0.25) is 0 Å². The second-order valence-corrected chi connectivity index (χ2v) is 5.00. The summed E-state index contributed by atoms with van der Waals surface area (Å²) in [6, 6.07) is 7.95. The molecule has 106 valence electrons. The number of benzene rings is 1. The van der Waals surface area contributed by atoms with Gasteiger partial charge in [-0.1, -0.05) is 12.1 Å². The van der Waals surface area contributed by atoms with Crippen LogP contribution in [-0.4, -0.2) is 31.7 Å². The van der Waals surface area contributed by atoms with Crippen molar-refractivity contribution in [2.75, 3.05) is 19.0 Å². The van der Waals surface area contributed by atoms with Crippen LogP contribution in [0.25, 0.3) is 0 Å². The molecule has 1 atom stereocenters. The number of rotatable bonds is 7. The fourth-order valence-electron chi connectivity index (χ4n) is 1.79. The maximum Gasteiger partial charge on any atom is 0.253 e. The number of hydrogen-bond acceptors (Lipinski definition) is 3. The van der Waals surface area contributed by atoms with Crippen LogP contribution < -0.4 is 10.6 Å². The highest BCUT2D eigenvalue weighted by molar-refractivity contribution is 5.99. The Labute approximate surface area is 115 Å². The average molecular weight is 264 g/mol. The first kappa shape index (κ1) is 15.5. The van der Waals surface area contributed by atoms with Crippen molar-refractivity contribution in [3.63, 3.8) is 0 Å². The van der Waals surface area contributed by atoms with Gasteiger partial charge in [0.1, 0.15) is 0 Å². The summed E-state index contributed by atoms with van der Waals surface area (Å²) in [7, 11) is 1.66. The number of nitrogens with one attached hydrogen (secondary N) is 2. The van der Waals surface area contributed by atoms with E-state index in [9.17, 15) is 4.79 Å². The zero-order chi connectivity index (χ0) is 14.3. The summed E-state index contributed by atoms with van der Waals surface area (Å²) in [4.78, 5) is 12.2. The molecule has 0 aliphatic heterocycles. The molecule has 1 aromatic rings. The minimum atomic E-state index is -0.0487. The van der Waals surface area contributed by atoms with Crippen LogP contribution in [0.2, 0.25) is 0 Å². The Hall–Kier alpha value is -1.55. The standard InChI is InChI=1S/C15H24N2O2/c1-11(2)16-14-8-6-5-7-13(14)15(18)17-12(3)9-10-19-4/h5-8,11-12,16H,9-10H2,1-4H3,(H,17,18). The molecule has 2 N–H and O–H groups in total. The van der Waals surface area contributed by atoms with Gasteiger partial charge in [-0.3, -0.25) is 4.79 Å². The fourth-order valence-corrected chi connectivity index (χ4v) is 1.79. The van der Waals surface area contributed by atoms with Crippen LogP contribution in [0.4, 0.5) is 5.69 Å². The molecule has 1 unspecified atom stereocenters. The first-order valence-electron chi connectivity index (χ1n) is 6.70. The van der Waals surface area contributed by atoms with E-state index < -0.39 is 0 Å². The summed E-state index contributed by atoms with van der Waals surface area (Å²) in [5.41, 5.74) is 1.55. The van der Waals surface area contributed by atoms with Crippen LogP contribution in [-0.2, 0) is 4.74 Å². The summed E-state index contributed by atoms with van der Waals surface area (Å²) >= 11 is 0. The maximum absolute atomic E-state index is 12.2. The summed E-state index contributed by atoms with van der Waals surface area (Å²) in [6.07, 6.45) is 0.808. The zero-order valence-electron chi connectivity index (χ0n) is 12.2. The molecule has 4 heteroatoms. The van der Waals surface area contributed by atoms with Gasteiger partial charge < -0.3 is 15.4 Å². The lowest BCUT2D eigenvalue weighted by Gasteiger charge is -2.17. The van der Waals surface area contributed by atoms with E-state index in [0.29, 0.717) is 18.2 Å². The van der Waals surface area contributed by atoms with Crippen molar-refractivity contribution in [3.8, 4) is 0 Å². The Morgan fingerprint density at radius 3 is 2.58 bits per heavy atom. The van der Waals surface area contributed by atoms with E-state index in [4.69, 9.17) is 4.74 Å². The van der Waals surface area contributed by atoms with Gasteiger partial charge in [0, 0.05) is 31.5 Å². The van der Waals surface area contributed by atoms with Gasteiger partial charge >= 0.3 is 0 Å². The van der Waals surface area contributed by atoms with Gasteiger partial charge in [-0.05, 0) is 39.3 Å². The van der Waals surface area contributed by atoms with E-state index in [2.05, 4.69) is 24.5 Å². The van der Waals surface area contributed by atoms with E-state index in [-0.39, 0.29) is 11.9 Å². The minimum absolute atomic E-state index is 0.0487. The van der Waals surface area contributed by atoms with Crippen molar-refractivity contribution < 1.29 is 9.53 Å². The lowest BCUT2D eigenvalue weighted by Crippen LogP contribution is -2.34. The molecule has 0 aliphatic carbocycles. The molecule has 0 aliphatic rings. The van der Waals surface area contributed by atoms with Crippen LogP contribution in [0.3, 0.4) is 0 Å². The van der Waals surface area contributed by atoms with Gasteiger partial charge in [-0.2, -0.15) is 0 Å². The normalized spacial score (nSPS) is 12.3. The number of anilines is 1. The number of hydrogen-bond donors (Lipinski definition) is 2. The van der Waals surface area contributed by atoms with Gasteiger partial charge in [0.25, 0.3) is 5.91 Å². The van der Waals surface area contributed by atoms with E-state index in [1.165, 1.54) is 0 Å². The molecule has 0 aromatic heterocycles. The van der Waals surface area contributed by atoms with Crippen LogP contribution in [0.15, 0.2) is 24.3 Å². The van der Waals surface area contributed by atoms with Crippen LogP contribution in [0.1, 0.15) is 37.6 Å². The summed E-state index contributed by atoms with van der Waals surface area (Å²) in [5.74, 6) is -0.0487. The molecule has 0 bridgehead atoms. The molecule has 1 rings (SSSR count). The first-order valence-corrected chi connectivity index (χ1v) is 6.70. The summed E-state index contributed by atoms with van der Waals surface area (Å²) in [5, 5.41) is 6.27. The third-order valence-electron chi connectivity index (χ3n) is 2.75. The smallest absolute Gasteiger partial charge is 0.253 e. The van der Waals surface area contributed by atoms with E-state index >= 15 is 0 Å².